The second-order valence-electron chi connectivity index (χ2n) is 9.63. The van der Waals surface area contributed by atoms with Crippen LogP contribution in [-0.4, -0.2) is 73.3 Å². The molecule has 0 saturated carbocycles. The van der Waals surface area contributed by atoms with Crippen LogP contribution in [0.3, 0.4) is 0 Å². The summed E-state index contributed by atoms with van der Waals surface area (Å²) in [5.41, 5.74) is 0.165. The number of hydrogen-bond acceptors (Lipinski definition) is 13. The molecule has 2 atom stereocenters. The molecular weight excluding hydrogens is 1140 g/mol. The molecule has 2 heterocycles. The van der Waals surface area contributed by atoms with Crippen molar-refractivity contribution in [1.82, 2.24) is 0 Å². The van der Waals surface area contributed by atoms with Gasteiger partial charge in [-0.2, -0.15) is 0 Å². The molecule has 2 unspecified atom stereocenters. The smallest absolute Gasteiger partial charge is 0.336 e. The summed E-state index contributed by atoms with van der Waals surface area (Å²) in [6.45, 7) is 1.41. The van der Waals surface area contributed by atoms with Gasteiger partial charge in [-0.15, -0.1) is 0 Å². The summed E-state index contributed by atoms with van der Waals surface area (Å²) in [6.07, 6.45) is -0.935. The third-order valence-corrected chi connectivity index (χ3v) is 5.87. The van der Waals surface area contributed by atoms with Gasteiger partial charge in [0.1, 0.15) is 22.7 Å². The van der Waals surface area contributed by atoms with E-state index in [-0.39, 0.29) is 26.4 Å². The molecule has 13 nitrogen and oxygen atoms in total. The molecule has 0 aliphatic carbocycles. The first kappa shape index (κ1) is 42.2. The standard InChI is InChI=1S/2C14H15O5.C5H10O3.2Rf/c2*1-17-9-11(15)6-7-18-12-4-2-10-3-5-14(16)19-13(10)8-12;1-7-3-5(6)4-8-2;;/h2*2-5,8,11,15H,1,6-7,9H2;5-6H,1-4H2;;/q2*-1;-2;;. The topological polar surface area (TPSA) is 176 Å². The van der Waals surface area contributed by atoms with Gasteiger partial charge in [0.05, 0.1) is 31.5 Å². The van der Waals surface area contributed by atoms with Crippen molar-refractivity contribution in [3.8, 4) is 11.5 Å². The van der Waals surface area contributed by atoms with Crippen molar-refractivity contribution < 1.29 is 52.6 Å². The van der Waals surface area contributed by atoms with E-state index < -0.39 is 29.6 Å². The van der Waals surface area contributed by atoms with Gasteiger partial charge in [-0.05, 0) is 36.4 Å². The summed E-state index contributed by atoms with van der Waals surface area (Å²) in [4.78, 5) is 22.2. The van der Waals surface area contributed by atoms with E-state index in [1.165, 1.54) is 12.1 Å². The maximum atomic E-state index is 11.1. The third-order valence-electron chi connectivity index (χ3n) is 5.87. The molecule has 4 rings (SSSR count). The van der Waals surface area contributed by atoms with Crippen LogP contribution in [0.1, 0.15) is 12.8 Å². The Morgan fingerprint density at radius 1 is 0.542 bits per heavy atom. The summed E-state index contributed by atoms with van der Waals surface area (Å²) in [7, 11) is 12.5. The fraction of sp³-hybridized carbons (Fsp3) is 0.333. The SMILES string of the molecule is [CH2-]OCC(O)CCOc1ccc2ccc(=O)oc2c1.[CH2-]OCC(O)CCOc1ccc2ccc(=O)oc2c1.[CH2-]OCC(O)CO[CH2-].[Rf].[Rf]. The van der Waals surface area contributed by atoms with Gasteiger partial charge >= 0.3 is 11.3 Å². The quantitative estimate of drug-likeness (QED) is 0.110. The molecule has 48 heavy (non-hydrogen) atoms. The Bertz CT molecular complexity index is 1420. The van der Waals surface area contributed by atoms with Crippen molar-refractivity contribution in [2.24, 2.45) is 0 Å². The second-order valence-corrected chi connectivity index (χ2v) is 9.63. The zero-order valence-corrected chi connectivity index (χ0v) is 39.6. The summed E-state index contributed by atoms with van der Waals surface area (Å²) in [5, 5.41) is 29.2. The van der Waals surface area contributed by atoms with Gasteiger partial charge in [0, 0.05) is 74.3 Å². The summed E-state index contributed by atoms with van der Waals surface area (Å²) in [5.74, 6) is 1.18. The van der Waals surface area contributed by atoms with Gasteiger partial charge in [-0.3, -0.25) is 0 Å². The number of rotatable bonds is 16. The van der Waals surface area contributed by atoms with Gasteiger partial charge in [-0.25, -0.2) is 38.0 Å². The Labute approximate surface area is 266 Å². The molecule has 0 bridgehead atoms. The Morgan fingerprint density at radius 3 is 1.23 bits per heavy atom. The van der Waals surface area contributed by atoms with Crippen LogP contribution >= 0.6 is 0 Å². The van der Waals surface area contributed by atoms with Crippen LogP contribution in [0, 0.1) is 28.4 Å². The van der Waals surface area contributed by atoms with Crippen LogP contribution < -0.4 is 20.7 Å². The van der Waals surface area contributed by atoms with Gasteiger partial charge in [0.2, 0.25) is 0 Å². The van der Waals surface area contributed by atoms with Gasteiger partial charge in [0.15, 0.2) is 0 Å². The first-order valence-electron chi connectivity index (χ1n) is 14.0. The maximum absolute atomic E-state index is 11.1. The molecule has 0 saturated heterocycles. The zero-order chi connectivity index (χ0) is 33.7. The van der Waals surface area contributed by atoms with Crippen LogP contribution in [0.2, 0.25) is 0 Å². The number of aliphatic hydroxyl groups excluding tert-OH is 3. The van der Waals surface area contributed by atoms with Gasteiger partial charge in [0.25, 0.3) is 0 Å². The Morgan fingerprint density at radius 2 is 0.875 bits per heavy atom. The van der Waals surface area contributed by atoms with Crippen molar-refractivity contribution in [1.29, 1.82) is 0 Å². The van der Waals surface area contributed by atoms with E-state index in [1.807, 2.05) is 12.1 Å². The first-order valence-corrected chi connectivity index (χ1v) is 14.0. The van der Waals surface area contributed by atoms with Crippen LogP contribution in [0.5, 0.6) is 11.5 Å². The first-order chi connectivity index (χ1) is 22.2. The number of hydrogen-bond donors (Lipinski definition) is 3. The molecule has 15 heteroatoms. The number of ether oxygens (including phenoxy) is 6. The average Bonchev–Trinajstić information content (AvgIpc) is 3.02. The maximum Gasteiger partial charge on any atom is 0.336 e. The van der Waals surface area contributed by atoms with Crippen molar-refractivity contribution in [3.05, 3.63) is 110 Å². The molecule has 3 N–H and O–H groups in total. The van der Waals surface area contributed by atoms with Crippen molar-refractivity contribution in [3.63, 3.8) is 0 Å². The molecule has 4 aromatic rings. The molecule has 0 radical (unpaired) electrons. The molecular formula is C33H40O13Rf2-4. The minimum Gasteiger partial charge on any atom is -0.553 e. The number of fused-ring (bicyclic) bond motifs is 2. The van der Waals surface area contributed by atoms with E-state index in [2.05, 4.69) is 47.4 Å². The Hall–Kier alpha value is -5.82. The van der Waals surface area contributed by atoms with E-state index in [0.29, 0.717) is 48.7 Å². The molecule has 2 aromatic carbocycles. The minimum absolute atomic E-state index is 0. The van der Waals surface area contributed by atoms with Crippen molar-refractivity contribution in [2.75, 3.05) is 39.6 Å². The predicted molar refractivity (Wildman–Crippen MR) is 168 cm³/mol. The van der Waals surface area contributed by atoms with Crippen molar-refractivity contribution in [2.45, 2.75) is 31.2 Å². The fourth-order valence-electron chi connectivity index (χ4n) is 3.65. The van der Waals surface area contributed by atoms with E-state index in [1.54, 1.807) is 36.4 Å². The fourth-order valence-corrected chi connectivity index (χ4v) is 3.65. The van der Waals surface area contributed by atoms with Crippen molar-refractivity contribution >= 4 is 21.9 Å². The second kappa shape index (κ2) is 23.5. The molecule has 258 valence electrons. The molecule has 0 spiro atoms. The minimum atomic E-state index is -0.606. The van der Waals surface area contributed by atoms with E-state index in [9.17, 15) is 19.8 Å². The molecule has 0 amide bonds. The van der Waals surface area contributed by atoms with Crippen LogP contribution in [0.4, 0.5) is 0 Å². The summed E-state index contributed by atoms with van der Waals surface area (Å²) in [6, 6.07) is 16.6. The summed E-state index contributed by atoms with van der Waals surface area (Å²) < 4.78 is 38.9. The van der Waals surface area contributed by atoms with Crippen LogP contribution in [0.15, 0.2) is 79.1 Å². The van der Waals surface area contributed by atoms with Gasteiger partial charge < -0.3 is 52.6 Å². The number of aliphatic hydroxyl groups is 3. The molecule has 2 aromatic heterocycles. The normalized spacial score (nSPS) is 11.7. The average molecular weight is 1180 g/mol. The zero-order valence-electron chi connectivity index (χ0n) is 26.8. The summed E-state index contributed by atoms with van der Waals surface area (Å²) >= 11 is 0. The Balaban J connectivity index is 0.000000731. The van der Waals surface area contributed by atoms with E-state index in [0.717, 1.165) is 10.8 Å². The van der Waals surface area contributed by atoms with E-state index >= 15 is 0 Å². The molecule has 0 aliphatic rings. The molecule has 0 fully saturated rings. The third kappa shape index (κ3) is 16.0. The van der Waals surface area contributed by atoms with Crippen LogP contribution in [0.25, 0.3) is 21.9 Å². The Kier molecular flexibility index (Phi) is 20.7. The van der Waals surface area contributed by atoms with E-state index in [4.69, 9.17) is 23.4 Å². The van der Waals surface area contributed by atoms with Crippen LogP contribution in [-0.2, 0) is 18.9 Å². The largest absolute Gasteiger partial charge is 0.553 e. The monoisotopic (exact) mass is 1180 g/mol. The number of benzene rings is 2. The molecule has 0 aliphatic heterocycles. The van der Waals surface area contributed by atoms with Gasteiger partial charge in [-0.1, -0.05) is 0 Å². The predicted octanol–water partition coefficient (Wildman–Crippen LogP) is 3.43.